The van der Waals surface area contributed by atoms with Gasteiger partial charge in [-0.15, -0.1) is 0 Å². The van der Waals surface area contributed by atoms with Crippen molar-refractivity contribution in [1.82, 2.24) is 15.1 Å². The van der Waals surface area contributed by atoms with Crippen LogP contribution in [0.2, 0.25) is 0 Å². The molecule has 3 heteroatoms. The lowest BCUT2D eigenvalue weighted by Gasteiger charge is -2.05. The lowest BCUT2D eigenvalue weighted by Crippen LogP contribution is -2.17. The van der Waals surface area contributed by atoms with Crippen LogP contribution in [0.1, 0.15) is 22.5 Å². The molecule has 0 spiro atoms. The molecule has 0 fully saturated rings. The summed E-state index contributed by atoms with van der Waals surface area (Å²) in [5.74, 6) is 0. The van der Waals surface area contributed by atoms with Gasteiger partial charge in [0, 0.05) is 24.8 Å². The Hall–Kier alpha value is -1.61. The maximum absolute atomic E-state index is 4.42. The van der Waals surface area contributed by atoms with Crippen LogP contribution in [0.4, 0.5) is 0 Å². The standard InChI is InChI=1S/C15H21N3/c1-12-15(13(2)18(3)17-12)11-16-10-9-14-7-5-4-6-8-14/h4-8,16H,9-11H2,1-3H3. The Kier molecular flexibility index (Phi) is 4.15. The second-order valence-corrected chi connectivity index (χ2v) is 4.69. The average Bonchev–Trinajstić information content (AvgIpc) is 2.61. The van der Waals surface area contributed by atoms with E-state index < -0.39 is 0 Å². The Morgan fingerprint density at radius 2 is 1.89 bits per heavy atom. The van der Waals surface area contributed by atoms with Crippen LogP contribution in [0, 0.1) is 13.8 Å². The van der Waals surface area contributed by atoms with E-state index in [0.29, 0.717) is 0 Å². The minimum atomic E-state index is 0.901. The van der Waals surface area contributed by atoms with E-state index in [-0.39, 0.29) is 0 Å². The van der Waals surface area contributed by atoms with Crippen molar-refractivity contribution in [2.24, 2.45) is 7.05 Å². The van der Waals surface area contributed by atoms with E-state index >= 15 is 0 Å². The van der Waals surface area contributed by atoms with Gasteiger partial charge in [0.15, 0.2) is 0 Å². The van der Waals surface area contributed by atoms with Gasteiger partial charge in [0.25, 0.3) is 0 Å². The summed E-state index contributed by atoms with van der Waals surface area (Å²) < 4.78 is 1.95. The summed E-state index contributed by atoms with van der Waals surface area (Å²) in [6.07, 6.45) is 1.07. The molecule has 0 aliphatic rings. The fraction of sp³-hybridized carbons (Fsp3) is 0.400. The molecular formula is C15H21N3. The summed E-state index contributed by atoms with van der Waals surface area (Å²) in [6.45, 7) is 6.09. The molecule has 96 valence electrons. The summed E-state index contributed by atoms with van der Waals surface area (Å²) in [5, 5.41) is 7.92. The van der Waals surface area contributed by atoms with Gasteiger partial charge in [0.1, 0.15) is 0 Å². The molecule has 3 nitrogen and oxygen atoms in total. The number of nitrogens with one attached hydrogen (secondary N) is 1. The van der Waals surface area contributed by atoms with Gasteiger partial charge >= 0.3 is 0 Å². The largest absolute Gasteiger partial charge is 0.312 e. The number of aryl methyl sites for hydroxylation is 2. The van der Waals surface area contributed by atoms with E-state index in [2.05, 4.69) is 54.6 Å². The van der Waals surface area contributed by atoms with E-state index in [1.165, 1.54) is 16.8 Å². The molecule has 0 aliphatic carbocycles. The molecule has 0 atom stereocenters. The molecule has 0 unspecified atom stereocenters. The van der Waals surface area contributed by atoms with Gasteiger partial charge in [0.2, 0.25) is 0 Å². The minimum Gasteiger partial charge on any atom is -0.312 e. The van der Waals surface area contributed by atoms with Gasteiger partial charge in [-0.1, -0.05) is 30.3 Å². The van der Waals surface area contributed by atoms with E-state index in [1.54, 1.807) is 0 Å². The number of hydrogen-bond donors (Lipinski definition) is 1. The molecule has 2 aromatic rings. The normalized spacial score (nSPS) is 10.8. The van der Waals surface area contributed by atoms with Crippen LogP contribution in [0.5, 0.6) is 0 Å². The number of nitrogens with zero attached hydrogens (tertiary/aromatic N) is 2. The van der Waals surface area contributed by atoms with Gasteiger partial charge in [-0.05, 0) is 32.4 Å². The summed E-state index contributed by atoms with van der Waals surface area (Å²) in [5.41, 5.74) is 5.08. The Morgan fingerprint density at radius 1 is 1.17 bits per heavy atom. The van der Waals surface area contributed by atoms with Gasteiger partial charge in [-0.25, -0.2) is 0 Å². The fourth-order valence-corrected chi connectivity index (χ4v) is 2.16. The highest BCUT2D eigenvalue weighted by Gasteiger charge is 2.07. The second kappa shape index (κ2) is 5.83. The summed E-state index contributed by atoms with van der Waals surface area (Å²) in [4.78, 5) is 0. The molecule has 0 amide bonds. The van der Waals surface area contributed by atoms with Crippen LogP contribution in [-0.2, 0) is 20.0 Å². The quantitative estimate of drug-likeness (QED) is 0.817. The lowest BCUT2D eigenvalue weighted by molar-refractivity contribution is 0.679. The molecule has 2 rings (SSSR count). The van der Waals surface area contributed by atoms with Crippen LogP contribution >= 0.6 is 0 Å². The predicted molar refractivity (Wildman–Crippen MR) is 74.5 cm³/mol. The average molecular weight is 243 g/mol. The highest BCUT2D eigenvalue weighted by molar-refractivity contribution is 5.24. The van der Waals surface area contributed by atoms with Gasteiger partial charge in [0.05, 0.1) is 5.69 Å². The van der Waals surface area contributed by atoms with Gasteiger partial charge in [-0.2, -0.15) is 5.10 Å². The molecule has 0 radical (unpaired) electrons. The third kappa shape index (κ3) is 2.99. The van der Waals surface area contributed by atoms with Crippen molar-refractivity contribution < 1.29 is 0 Å². The van der Waals surface area contributed by atoms with Crippen LogP contribution in [0.25, 0.3) is 0 Å². The van der Waals surface area contributed by atoms with Crippen LogP contribution in [0.3, 0.4) is 0 Å². The number of hydrogen-bond acceptors (Lipinski definition) is 2. The molecule has 1 aromatic carbocycles. The lowest BCUT2D eigenvalue weighted by atomic mass is 10.1. The summed E-state index contributed by atoms with van der Waals surface area (Å²) in [6, 6.07) is 10.6. The molecule has 1 aromatic heterocycles. The Bertz CT molecular complexity index is 500. The van der Waals surface area contributed by atoms with Gasteiger partial charge < -0.3 is 5.32 Å². The number of aromatic nitrogens is 2. The van der Waals surface area contributed by atoms with E-state index in [0.717, 1.165) is 25.2 Å². The first kappa shape index (κ1) is 12.8. The first-order valence-corrected chi connectivity index (χ1v) is 6.42. The van der Waals surface area contributed by atoms with E-state index in [9.17, 15) is 0 Å². The molecule has 0 bridgehead atoms. The number of rotatable bonds is 5. The van der Waals surface area contributed by atoms with Crippen molar-refractivity contribution >= 4 is 0 Å². The molecule has 0 aliphatic heterocycles. The zero-order valence-corrected chi connectivity index (χ0v) is 11.4. The SMILES string of the molecule is Cc1nn(C)c(C)c1CNCCc1ccccc1. The zero-order chi connectivity index (χ0) is 13.0. The van der Waals surface area contributed by atoms with Gasteiger partial charge in [-0.3, -0.25) is 4.68 Å². The van der Waals surface area contributed by atoms with Crippen molar-refractivity contribution in [2.45, 2.75) is 26.8 Å². The highest BCUT2D eigenvalue weighted by Crippen LogP contribution is 2.11. The van der Waals surface area contributed by atoms with Crippen molar-refractivity contribution in [3.05, 3.63) is 52.8 Å². The minimum absolute atomic E-state index is 0.901. The second-order valence-electron chi connectivity index (χ2n) is 4.69. The van der Waals surface area contributed by atoms with Crippen LogP contribution in [0.15, 0.2) is 30.3 Å². The summed E-state index contributed by atoms with van der Waals surface area (Å²) in [7, 11) is 2.00. The maximum Gasteiger partial charge on any atom is 0.0641 e. The smallest absolute Gasteiger partial charge is 0.0641 e. The molecule has 0 saturated carbocycles. The topological polar surface area (TPSA) is 29.9 Å². The van der Waals surface area contributed by atoms with Crippen molar-refractivity contribution in [3.63, 3.8) is 0 Å². The Morgan fingerprint density at radius 3 is 2.50 bits per heavy atom. The first-order valence-electron chi connectivity index (χ1n) is 6.42. The predicted octanol–water partition coefficient (Wildman–Crippen LogP) is 2.37. The maximum atomic E-state index is 4.42. The zero-order valence-electron chi connectivity index (χ0n) is 11.4. The third-order valence-corrected chi connectivity index (χ3v) is 3.39. The molecule has 1 N–H and O–H groups in total. The summed E-state index contributed by atoms with van der Waals surface area (Å²) >= 11 is 0. The molecular weight excluding hydrogens is 222 g/mol. The molecule has 18 heavy (non-hydrogen) atoms. The van der Waals surface area contributed by atoms with E-state index in [4.69, 9.17) is 0 Å². The highest BCUT2D eigenvalue weighted by atomic mass is 15.3. The third-order valence-electron chi connectivity index (χ3n) is 3.39. The van der Waals surface area contributed by atoms with Crippen molar-refractivity contribution in [3.8, 4) is 0 Å². The van der Waals surface area contributed by atoms with Crippen molar-refractivity contribution in [2.75, 3.05) is 6.54 Å². The molecule has 0 saturated heterocycles. The Labute approximate surface area is 109 Å². The van der Waals surface area contributed by atoms with Crippen LogP contribution < -0.4 is 5.32 Å². The fourth-order valence-electron chi connectivity index (χ4n) is 2.16. The van der Waals surface area contributed by atoms with Crippen molar-refractivity contribution in [1.29, 1.82) is 0 Å². The van der Waals surface area contributed by atoms with E-state index in [1.807, 2.05) is 11.7 Å². The van der Waals surface area contributed by atoms with Crippen LogP contribution in [-0.4, -0.2) is 16.3 Å². The first-order chi connectivity index (χ1) is 8.68. The Balaban J connectivity index is 1.82. The molecule has 1 heterocycles. The monoisotopic (exact) mass is 243 g/mol. The number of benzene rings is 1.